The van der Waals surface area contributed by atoms with Crippen molar-refractivity contribution in [2.24, 2.45) is 0 Å². The van der Waals surface area contributed by atoms with Crippen LogP contribution in [-0.2, 0) is 0 Å². The first kappa shape index (κ1) is 9.94. The van der Waals surface area contributed by atoms with Crippen LogP contribution in [0.1, 0.15) is 42.5 Å². The molecule has 2 nitrogen and oxygen atoms in total. The van der Waals surface area contributed by atoms with Crippen molar-refractivity contribution in [3.63, 3.8) is 0 Å². The second-order valence-corrected chi connectivity index (χ2v) is 5.09. The topological polar surface area (TPSA) is 26.3 Å². The van der Waals surface area contributed by atoms with E-state index in [0.717, 1.165) is 29.6 Å². The first-order valence-corrected chi connectivity index (χ1v) is 6.01. The number of benzene rings is 1. The molecule has 16 heavy (non-hydrogen) atoms. The lowest BCUT2D eigenvalue weighted by molar-refractivity contribution is 0.0451. The number of ether oxygens (including phenoxy) is 1. The highest BCUT2D eigenvalue weighted by atomic mass is 16.5. The zero-order valence-corrected chi connectivity index (χ0v) is 9.58. The second kappa shape index (κ2) is 3.37. The van der Waals surface area contributed by atoms with E-state index < -0.39 is 0 Å². The van der Waals surface area contributed by atoms with E-state index in [9.17, 15) is 4.79 Å². The monoisotopic (exact) mass is 214 g/mol. The van der Waals surface area contributed by atoms with Crippen molar-refractivity contribution in [1.29, 1.82) is 0 Å². The summed E-state index contributed by atoms with van der Waals surface area (Å²) in [5.74, 6) is 1.05. The molecule has 3 heteroatoms. The van der Waals surface area contributed by atoms with Crippen molar-refractivity contribution in [3.8, 4) is 5.75 Å². The number of ketones is 1. The smallest absolute Gasteiger partial charge is 0.170 e. The number of hydrogen-bond acceptors (Lipinski definition) is 2. The molecule has 1 heterocycles. The van der Waals surface area contributed by atoms with Gasteiger partial charge in [-0.25, -0.2) is 0 Å². The molecule has 0 atom stereocenters. The Morgan fingerprint density at radius 3 is 2.75 bits per heavy atom. The van der Waals surface area contributed by atoms with Gasteiger partial charge in [0, 0.05) is 0 Å². The Morgan fingerprint density at radius 2 is 2.00 bits per heavy atom. The summed E-state index contributed by atoms with van der Waals surface area (Å²) in [4.78, 5) is 12.1. The van der Waals surface area contributed by atoms with Crippen molar-refractivity contribution in [3.05, 3.63) is 23.8 Å². The van der Waals surface area contributed by atoms with Crippen LogP contribution in [-0.4, -0.2) is 19.2 Å². The third kappa shape index (κ3) is 1.46. The Bertz CT molecular complexity index is 447. The fraction of sp³-hybridized carbons (Fsp3) is 0.462. The fourth-order valence-electron chi connectivity index (χ4n) is 2.91. The lowest BCUT2D eigenvalue weighted by Crippen LogP contribution is -2.39. The van der Waals surface area contributed by atoms with E-state index >= 15 is 0 Å². The largest absolute Gasteiger partial charge is 0.486 e. The first-order valence-electron chi connectivity index (χ1n) is 6.01. The van der Waals surface area contributed by atoms with E-state index in [0.29, 0.717) is 6.42 Å². The maximum Gasteiger partial charge on any atom is 0.170 e. The van der Waals surface area contributed by atoms with Crippen LogP contribution in [0.4, 0.5) is 0 Å². The van der Waals surface area contributed by atoms with E-state index in [-0.39, 0.29) is 11.4 Å². The van der Waals surface area contributed by atoms with Gasteiger partial charge in [0.1, 0.15) is 19.2 Å². The highest BCUT2D eigenvalue weighted by Crippen LogP contribution is 2.42. The van der Waals surface area contributed by atoms with Gasteiger partial charge in [0.2, 0.25) is 0 Å². The lowest BCUT2D eigenvalue weighted by atomic mass is 9.85. The summed E-state index contributed by atoms with van der Waals surface area (Å²) in [6, 6.07) is 5.90. The predicted molar refractivity (Wildman–Crippen MR) is 65.4 cm³/mol. The molecule has 1 fully saturated rings. The molecule has 0 radical (unpaired) electrons. The van der Waals surface area contributed by atoms with Gasteiger partial charge in [-0.15, -0.1) is 0 Å². The Balaban J connectivity index is 2.02. The van der Waals surface area contributed by atoms with Crippen LogP contribution in [0.15, 0.2) is 18.2 Å². The molecule has 1 spiro atoms. The van der Waals surface area contributed by atoms with Crippen molar-refractivity contribution in [2.45, 2.75) is 37.7 Å². The molecule has 0 amide bonds. The van der Waals surface area contributed by atoms with E-state index in [1.54, 1.807) is 0 Å². The normalized spacial score (nSPS) is 21.9. The highest BCUT2D eigenvalue weighted by Gasteiger charge is 2.42. The number of Topliss-reactive ketones (excluding diaryl/α,β-unsaturated/α-hetero) is 1. The van der Waals surface area contributed by atoms with Crippen LogP contribution in [0, 0.1) is 0 Å². The summed E-state index contributed by atoms with van der Waals surface area (Å²) in [5, 5.41) is 0. The molecule has 0 aromatic heterocycles. The van der Waals surface area contributed by atoms with Gasteiger partial charge in [0.05, 0.1) is 12.0 Å². The molecule has 0 bridgehead atoms. The van der Waals surface area contributed by atoms with Crippen molar-refractivity contribution in [2.75, 3.05) is 0 Å². The molecular formula is C13H15BO2. The molecular weight excluding hydrogens is 199 g/mol. The van der Waals surface area contributed by atoms with Gasteiger partial charge in [0.25, 0.3) is 0 Å². The van der Waals surface area contributed by atoms with Crippen molar-refractivity contribution >= 4 is 19.1 Å². The van der Waals surface area contributed by atoms with Crippen LogP contribution in [0.5, 0.6) is 5.75 Å². The number of fused-ring (bicyclic) bond motifs is 1. The third-order valence-electron chi connectivity index (χ3n) is 3.76. The van der Waals surface area contributed by atoms with E-state index in [2.05, 4.69) is 0 Å². The minimum absolute atomic E-state index is 0.167. The molecule has 1 aromatic rings. The summed E-state index contributed by atoms with van der Waals surface area (Å²) in [7, 11) is 2.01. The summed E-state index contributed by atoms with van der Waals surface area (Å²) in [6.07, 6.45) is 5.02. The standard InChI is InChI=1S/C13H15BO2/c14-9-3-4-12-10(7-9)11(15)8-13(16-12)5-1-2-6-13/h3-4,7H,1-2,5-6,8,14H2. The Labute approximate surface area is 96.4 Å². The van der Waals surface area contributed by atoms with E-state index in [1.165, 1.54) is 12.8 Å². The van der Waals surface area contributed by atoms with Gasteiger partial charge in [-0.05, 0) is 31.7 Å². The minimum atomic E-state index is -0.167. The van der Waals surface area contributed by atoms with Crippen LogP contribution >= 0.6 is 0 Å². The molecule has 1 saturated carbocycles. The maximum atomic E-state index is 12.1. The number of carbonyl (C=O) groups is 1. The molecule has 1 aliphatic carbocycles. The molecule has 82 valence electrons. The van der Waals surface area contributed by atoms with Gasteiger partial charge in [-0.2, -0.15) is 0 Å². The number of rotatable bonds is 0. The summed E-state index contributed by atoms with van der Waals surface area (Å²) < 4.78 is 6.08. The lowest BCUT2D eigenvalue weighted by Gasteiger charge is -2.34. The molecule has 0 N–H and O–H groups in total. The van der Waals surface area contributed by atoms with Gasteiger partial charge in [-0.1, -0.05) is 17.6 Å². The average molecular weight is 214 g/mol. The van der Waals surface area contributed by atoms with Crippen LogP contribution in [0.25, 0.3) is 0 Å². The zero-order valence-electron chi connectivity index (χ0n) is 9.58. The predicted octanol–water partition coefficient (Wildman–Crippen LogP) is 1.22. The Hall–Kier alpha value is -1.25. The molecule has 2 aliphatic rings. The Morgan fingerprint density at radius 1 is 1.25 bits per heavy atom. The average Bonchev–Trinajstić information content (AvgIpc) is 2.68. The maximum absolute atomic E-state index is 12.1. The van der Waals surface area contributed by atoms with Crippen molar-refractivity contribution in [1.82, 2.24) is 0 Å². The van der Waals surface area contributed by atoms with Gasteiger partial charge in [-0.3, -0.25) is 4.79 Å². The van der Waals surface area contributed by atoms with E-state index in [1.807, 2.05) is 26.0 Å². The third-order valence-corrected chi connectivity index (χ3v) is 3.76. The zero-order chi connectivity index (χ0) is 11.2. The number of hydrogen-bond donors (Lipinski definition) is 0. The molecule has 1 aromatic carbocycles. The SMILES string of the molecule is Bc1ccc2c(c1)C(=O)CC1(CCCC1)O2. The molecule has 3 rings (SSSR count). The summed E-state index contributed by atoms with van der Waals surface area (Å²) in [6.45, 7) is 0. The number of carbonyl (C=O) groups excluding carboxylic acids is 1. The van der Waals surface area contributed by atoms with Gasteiger partial charge < -0.3 is 4.74 Å². The van der Waals surface area contributed by atoms with Crippen LogP contribution in [0.2, 0.25) is 0 Å². The molecule has 1 aliphatic heterocycles. The molecule has 0 saturated heterocycles. The summed E-state index contributed by atoms with van der Waals surface area (Å²) >= 11 is 0. The van der Waals surface area contributed by atoms with Gasteiger partial charge >= 0.3 is 0 Å². The first-order chi connectivity index (χ1) is 7.69. The second-order valence-electron chi connectivity index (χ2n) is 5.09. The Kier molecular flexibility index (Phi) is 2.10. The van der Waals surface area contributed by atoms with Gasteiger partial charge in [0.15, 0.2) is 5.78 Å². The molecule has 0 unspecified atom stereocenters. The van der Waals surface area contributed by atoms with Crippen molar-refractivity contribution < 1.29 is 9.53 Å². The highest BCUT2D eigenvalue weighted by molar-refractivity contribution is 6.32. The quantitative estimate of drug-likeness (QED) is 0.607. The minimum Gasteiger partial charge on any atom is -0.486 e. The van der Waals surface area contributed by atoms with E-state index in [4.69, 9.17) is 4.74 Å². The van der Waals surface area contributed by atoms with Crippen LogP contribution < -0.4 is 10.2 Å². The summed E-state index contributed by atoms with van der Waals surface area (Å²) in [5.41, 5.74) is 1.73. The fourth-order valence-corrected chi connectivity index (χ4v) is 2.91. The van der Waals surface area contributed by atoms with Crippen LogP contribution in [0.3, 0.4) is 0 Å².